The summed E-state index contributed by atoms with van der Waals surface area (Å²) >= 11 is 0. The number of hydrogen-bond donors (Lipinski definition) is 0. The van der Waals surface area contributed by atoms with Crippen LogP contribution in [0.1, 0.15) is 0 Å². The van der Waals surface area contributed by atoms with Gasteiger partial charge in [-0.25, -0.2) is 4.98 Å². The number of pyridine rings is 1. The van der Waals surface area contributed by atoms with Crippen LogP contribution in [0, 0.1) is 0 Å². The van der Waals surface area contributed by atoms with Crippen LogP contribution in [-0.4, -0.2) is 19.7 Å². The van der Waals surface area contributed by atoms with Gasteiger partial charge in [-0.15, -0.1) is 10.2 Å². The zero-order chi connectivity index (χ0) is 33.0. The third kappa shape index (κ3) is 4.52. The van der Waals surface area contributed by atoms with E-state index in [0.29, 0.717) is 11.8 Å². The third-order valence-corrected chi connectivity index (χ3v) is 9.56. The number of rotatable bonds is 5. The summed E-state index contributed by atoms with van der Waals surface area (Å²) in [5, 5.41) is 14.5. The maximum atomic E-state index is 6.02. The van der Waals surface area contributed by atoms with E-state index in [1.165, 1.54) is 16.2 Å². The number of hydrogen-bond acceptors (Lipinski definition) is 4. The fourth-order valence-corrected chi connectivity index (χ4v) is 7.24. The highest BCUT2D eigenvalue weighted by Crippen LogP contribution is 2.42. The van der Waals surface area contributed by atoms with Crippen LogP contribution in [0.4, 0.5) is 0 Å². The molecule has 3 heterocycles. The van der Waals surface area contributed by atoms with Crippen molar-refractivity contribution in [1.82, 2.24) is 19.7 Å². The van der Waals surface area contributed by atoms with E-state index in [2.05, 4.69) is 142 Å². The second kappa shape index (κ2) is 11.4. The van der Waals surface area contributed by atoms with E-state index >= 15 is 0 Å². The molecule has 5 heteroatoms. The summed E-state index contributed by atoms with van der Waals surface area (Å²) in [6.07, 6.45) is 0. The zero-order valence-corrected chi connectivity index (χ0v) is 26.9. The molecule has 0 radical (unpaired) electrons. The molecule has 7 aromatic carbocycles. The van der Waals surface area contributed by atoms with Gasteiger partial charge in [0.15, 0.2) is 0 Å². The molecular weight excluding hydrogens is 613 g/mol. The fourth-order valence-electron chi connectivity index (χ4n) is 7.24. The van der Waals surface area contributed by atoms with Gasteiger partial charge < -0.3 is 8.98 Å². The van der Waals surface area contributed by atoms with Crippen molar-refractivity contribution in [3.8, 4) is 51.0 Å². The Labute approximate surface area is 287 Å². The van der Waals surface area contributed by atoms with E-state index in [-0.39, 0.29) is 0 Å². The molecule has 5 nitrogen and oxygen atoms in total. The van der Waals surface area contributed by atoms with Gasteiger partial charge in [0.25, 0.3) is 0 Å². The van der Waals surface area contributed by atoms with Gasteiger partial charge >= 0.3 is 0 Å². The molecule has 3 aromatic heterocycles. The quantitative estimate of drug-likeness (QED) is 0.176. The number of fused-ring (bicyclic) bond motifs is 7. The topological polar surface area (TPSA) is 56.7 Å². The second-order valence-corrected chi connectivity index (χ2v) is 12.5. The molecule has 234 valence electrons. The SMILES string of the molecule is c1ccc(-c2nnc(-c3ccc(-c4cccc(-n5c6ccccc6c6ccc7c8ccccc8nc(-c8ccccc8)c7c65)c4)cc3)o2)cc1. The maximum absolute atomic E-state index is 6.02. The lowest BCUT2D eigenvalue weighted by Gasteiger charge is -2.15. The standard InChI is InChI=1S/C45H28N4O/c1-3-12-30(13-4-1)42-41-37(35-18-7-9-20-39(35)46-42)26-27-38-36-19-8-10-21-40(36)49(43(38)41)34-17-11-16-33(28-34)29-22-24-32(25-23-29)45-48-47-44(50-45)31-14-5-2-6-15-31/h1-28H. The van der Waals surface area contributed by atoms with E-state index in [0.717, 1.165) is 66.5 Å². The van der Waals surface area contributed by atoms with E-state index in [1.807, 2.05) is 42.5 Å². The van der Waals surface area contributed by atoms with Crippen LogP contribution >= 0.6 is 0 Å². The molecule has 0 unspecified atom stereocenters. The van der Waals surface area contributed by atoms with Gasteiger partial charge in [0.2, 0.25) is 11.8 Å². The van der Waals surface area contributed by atoms with Crippen LogP contribution in [0.5, 0.6) is 0 Å². The molecule has 0 amide bonds. The number of aromatic nitrogens is 4. The van der Waals surface area contributed by atoms with Crippen molar-refractivity contribution >= 4 is 43.5 Å². The molecule has 10 rings (SSSR count). The van der Waals surface area contributed by atoms with Crippen LogP contribution in [0.15, 0.2) is 174 Å². The lowest BCUT2D eigenvalue weighted by Crippen LogP contribution is -1.97. The van der Waals surface area contributed by atoms with Crippen molar-refractivity contribution in [3.05, 3.63) is 170 Å². The highest BCUT2D eigenvalue weighted by molar-refractivity contribution is 6.25. The average Bonchev–Trinajstić information content (AvgIpc) is 3.82. The Bertz CT molecular complexity index is 2850. The molecule has 0 saturated carbocycles. The average molecular weight is 641 g/mol. The molecule has 0 aliphatic rings. The Kier molecular flexibility index (Phi) is 6.42. The molecule has 50 heavy (non-hydrogen) atoms. The van der Waals surface area contributed by atoms with Crippen LogP contribution in [0.3, 0.4) is 0 Å². The Hall–Kier alpha value is -6.85. The maximum Gasteiger partial charge on any atom is 0.248 e. The first-order chi connectivity index (χ1) is 24.8. The highest BCUT2D eigenvalue weighted by Gasteiger charge is 2.20. The normalized spacial score (nSPS) is 11.6. The monoisotopic (exact) mass is 640 g/mol. The van der Waals surface area contributed by atoms with E-state index < -0.39 is 0 Å². The molecular formula is C45H28N4O. The Morgan fingerprint density at radius 1 is 0.420 bits per heavy atom. The van der Waals surface area contributed by atoms with Crippen molar-refractivity contribution in [2.45, 2.75) is 0 Å². The summed E-state index contributed by atoms with van der Waals surface area (Å²) in [7, 11) is 0. The summed E-state index contributed by atoms with van der Waals surface area (Å²) in [5.41, 5.74) is 10.4. The summed E-state index contributed by atoms with van der Waals surface area (Å²) in [6.45, 7) is 0. The van der Waals surface area contributed by atoms with Crippen LogP contribution < -0.4 is 0 Å². The molecule has 0 aliphatic carbocycles. The minimum absolute atomic E-state index is 0.497. The second-order valence-electron chi connectivity index (χ2n) is 12.5. The van der Waals surface area contributed by atoms with Gasteiger partial charge in [-0.2, -0.15) is 0 Å². The summed E-state index contributed by atoms with van der Waals surface area (Å²) in [6, 6.07) is 59.1. The molecule has 0 atom stereocenters. The molecule has 0 aliphatic heterocycles. The van der Waals surface area contributed by atoms with E-state index in [1.54, 1.807) is 0 Å². The van der Waals surface area contributed by atoms with Crippen LogP contribution in [0.2, 0.25) is 0 Å². The molecule has 0 N–H and O–H groups in total. The minimum Gasteiger partial charge on any atom is -0.416 e. The molecule has 0 bridgehead atoms. The summed E-state index contributed by atoms with van der Waals surface area (Å²) < 4.78 is 8.44. The summed E-state index contributed by atoms with van der Waals surface area (Å²) in [4.78, 5) is 5.32. The van der Waals surface area contributed by atoms with Crippen LogP contribution in [-0.2, 0) is 0 Å². The lowest BCUT2D eigenvalue weighted by molar-refractivity contribution is 0.584. The van der Waals surface area contributed by atoms with Gasteiger partial charge in [-0.3, -0.25) is 0 Å². The first-order valence-corrected chi connectivity index (χ1v) is 16.7. The van der Waals surface area contributed by atoms with Gasteiger partial charge in [-0.05, 0) is 65.0 Å². The molecule has 10 aromatic rings. The molecule has 0 spiro atoms. The van der Waals surface area contributed by atoms with Crippen molar-refractivity contribution in [2.75, 3.05) is 0 Å². The van der Waals surface area contributed by atoms with Gasteiger partial charge in [0.05, 0.1) is 22.2 Å². The van der Waals surface area contributed by atoms with Crippen molar-refractivity contribution in [3.63, 3.8) is 0 Å². The highest BCUT2D eigenvalue weighted by atomic mass is 16.4. The zero-order valence-electron chi connectivity index (χ0n) is 26.9. The predicted octanol–water partition coefficient (Wildman–Crippen LogP) is 11.5. The Morgan fingerprint density at radius 3 is 1.80 bits per heavy atom. The molecule has 0 saturated heterocycles. The first kappa shape index (κ1) is 28.2. The summed E-state index contributed by atoms with van der Waals surface area (Å²) in [5.74, 6) is 1.01. The van der Waals surface area contributed by atoms with E-state index in [4.69, 9.17) is 9.40 Å². The fraction of sp³-hybridized carbons (Fsp3) is 0. The lowest BCUT2D eigenvalue weighted by atomic mass is 9.97. The third-order valence-electron chi connectivity index (χ3n) is 9.56. The number of para-hydroxylation sites is 2. The Balaban J connectivity index is 1.16. The van der Waals surface area contributed by atoms with Gasteiger partial charge in [0, 0.05) is 43.9 Å². The number of nitrogens with zero attached hydrogens (tertiary/aromatic N) is 4. The van der Waals surface area contributed by atoms with Gasteiger partial charge in [-0.1, -0.05) is 121 Å². The van der Waals surface area contributed by atoms with Crippen LogP contribution in [0.25, 0.3) is 94.5 Å². The van der Waals surface area contributed by atoms with E-state index in [9.17, 15) is 0 Å². The van der Waals surface area contributed by atoms with Crippen molar-refractivity contribution in [1.29, 1.82) is 0 Å². The van der Waals surface area contributed by atoms with Gasteiger partial charge in [0.1, 0.15) is 0 Å². The van der Waals surface area contributed by atoms with Crippen molar-refractivity contribution in [2.24, 2.45) is 0 Å². The molecule has 0 fully saturated rings. The first-order valence-electron chi connectivity index (χ1n) is 16.7. The van der Waals surface area contributed by atoms with Crippen molar-refractivity contribution < 1.29 is 4.42 Å². The predicted molar refractivity (Wildman–Crippen MR) is 203 cm³/mol. The minimum atomic E-state index is 0.497. The smallest absolute Gasteiger partial charge is 0.248 e. The largest absolute Gasteiger partial charge is 0.416 e. The number of benzene rings is 7. The Morgan fingerprint density at radius 2 is 1.02 bits per heavy atom.